The Kier molecular flexibility index (Phi) is 12.1. The van der Waals surface area contributed by atoms with Crippen LogP contribution in [0.3, 0.4) is 0 Å². The number of carboxylic acids is 2. The van der Waals surface area contributed by atoms with Gasteiger partial charge in [-0.15, -0.1) is 0 Å². The fraction of sp³-hybridized carbons (Fsp3) is 0.600. The average Bonchev–Trinajstić information content (AvgIpc) is 2.66. The number of ether oxygens (including phenoxy) is 2. The Bertz CT molecular complexity index is 565. The summed E-state index contributed by atoms with van der Waals surface area (Å²) >= 11 is 0. The summed E-state index contributed by atoms with van der Waals surface area (Å²) in [5.74, 6) is -2.28. The zero-order valence-corrected chi connectivity index (χ0v) is 16.1. The van der Waals surface area contributed by atoms with Crippen LogP contribution in [0.1, 0.15) is 57.5 Å². The molecule has 1 aromatic carbocycles. The third-order valence-corrected chi connectivity index (χ3v) is 4.23. The van der Waals surface area contributed by atoms with Crippen molar-refractivity contribution in [3.63, 3.8) is 0 Å². The second-order valence-corrected chi connectivity index (χ2v) is 6.36. The molecule has 1 rings (SSSR count). The number of carboxylic acid groups (broad SMARTS) is 2. The van der Waals surface area contributed by atoms with Crippen molar-refractivity contribution in [2.45, 2.75) is 38.5 Å². The molecule has 158 valence electrons. The topological polar surface area (TPSA) is 134 Å². The standard InChI is InChI=1S/C20H30O8/c21-7-11-27-9-3-1-5-15-13-16(6-2-4-10-28-12-8-22)18(20(25)26)14-17(15)19(23)24/h13-14,21-22H,1-12H2,(H,23,24)(H,25,26). The van der Waals surface area contributed by atoms with E-state index in [4.69, 9.17) is 19.7 Å². The number of rotatable bonds is 16. The SMILES string of the molecule is O=C(O)c1cc(C(=O)O)c(CCCCOCCO)cc1CCCCOCCO. The van der Waals surface area contributed by atoms with Crippen molar-refractivity contribution < 1.29 is 39.5 Å². The van der Waals surface area contributed by atoms with E-state index in [1.165, 1.54) is 6.07 Å². The number of hydrogen-bond acceptors (Lipinski definition) is 6. The third kappa shape index (κ3) is 8.79. The van der Waals surface area contributed by atoms with Crippen molar-refractivity contribution in [1.82, 2.24) is 0 Å². The molecule has 0 heterocycles. The van der Waals surface area contributed by atoms with Crippen molar-refractivity contribution >= 4 is 11.9 Å². The second-order valence-electron chi connectivity index (χ2n) is 6.36. The molecule has 0 radical (unpaired) electrons. The van der Waals surface area contributed by atoms with Gasteiger partial charge < -0.3 is 29.9 Å². The number of aromatic carboxylic acids is 2. The molecule has 0 atom stereocenters. The zero-order valence-electron chi connectivity index (χ0n) is 16.1. The van der Waals surface area contributed by atoms with Gasteiger partial charge in [-0.2, -0.15) is 0 Å². The molecule has 8 heteroatoms. The van der Waals surface area contributed by atoms with E-state index in [0.29, 0.717) is 50.0 Å². The van der Waals surface area contributed by atoms with Crippen LogP contribution in [0, 0.1) is 0 Å². The van der Waals surface area contributed by atoms with Crippen LogP contribution in [0.5, 0.6) is 0 Å². The summed E-state index contributed by atoms with van der Waals surface area (Å²) in [5, 5.41) is 36.2. The van der Waals surface area contributed by atoms with Gasteiger partial charge in [0.25, 0.3) is 0 Å². The Morgan fingerprint density at radius 1 is 0.679 bits per heavy atom. The maximum Gasteiger partial charge on any atom is 0.335 e. The minimum absolute atomic E-state index is 0.0173. The summed E-state index contributed by atoms with van der Waals surface area (Å²) in [6, 6.07) is 2.94. The maximum atomic E-state index is 11.6. The molecule has 0 bridgehead atoms. The lowest BCUT2D eigenvalue weighted by molar-refractivity contribution is 0.0694. The fourth-order valence-corrected chi connectivity index (χ4v) is 2.88. The van der Waals surface area contributed by atoms with E-state index < -0.39 is 11.9 Å². The van der Waals surface area contributed by atoms with Crippen molar-refractivity contribution in [3.05, 3.63) is 34.4 Å². The predicted molar refractivity (Wildman–Crippen MR) is 102 cm³/mol. The van der Waals surface area contributed by atoms with E-state index in [0.717, 1.165) is 12.8 Å². The summed E-state index contributed by atoms with van der Waals surface area (Å²) in [6.07, 6.45) is 3.86. The Labute approximate surface area is 164 Å². The first-order valence-electron chi connectivity index (χ1n) is 9.50. The van der Waals surface area contributed by atoms with Crippen LogP contribution in [-0.2, 0) is 22.3 Å². The summed E-state index contributed by atoms with van der Waals surface area (Å²) in [6.45, 7) is 1.45. The quantitative estimate of drug-likeness (QED) is 0.310. The molecule has 0 fully saturated rings. The molecule has 0 unspecified atom stereocenters. The Morgan fingerprint density at radius 3 is 1.46 bits per heavy atom. The lowest BCUT2D eigenvalue weighted by atomic mass is 9.92. The molecule has 0 saturated carbocycles. The van der Waals surface area contributed by atoms with Gasteiger partial charge in [-0.1, -0.05) is 6.07 Å². The van der Waals surface area contributed by atoms with Gasteiger partial charge in [-0.3, -0.25) is 0 Å². The lowest BCUT2D eigenvalue weighted by Gasteiger charge is -2.13. The summed E-state index contributed by atoms with van der Waals surface area (Å²) in [4.78, 5) is 23.1. The van der Waals surface area contributed by atoms with Crippen molar-refractivity contribution in [3.8, 4) is 0 Å². The molecule has 0 aliphatic heterocycles. The highest BCUT2D eigenvalue weighted by molar-refractivity contribution is 5.96. The van der Waals surface area contributed by atoms with Crippen LogP contribution in [0.25, 0.3) is 0 Å². The first-order chi connectivity index (χ1) is 13.5. The van der Waals surface area contributed by atoms with Crippen LogP contribution in [0.2, 0.25) is 0 Å². The molecule has 0 aromatic heterocycles. The minimum atomic E-state index is -1.14. The molecular weight excluding hydrogens is 368 g/mol. The molecule has 28 heavy (non-hydrogen) atoms. The van der Waals surface area contributed by atoms with Crippen molar-refractivity contribution in [2.75, 3.05) is 39.6 Å². The summed E-state index contributed by atoms with van der Waals surface area (Å²) < 4.78 is 10.4. The van der Waals surface area contributed by atoms with E-state index in [1.807, 2.05) is 0 Å². The number of hydrogen-bond donors (Lipinski definition) is 4. The molecule has 0 aliphatic rings. The van der Waals surface area contributed by atoms with E-state index in [9.17, 15) is 19.8 Å². The van der Waals surface area contributed by atoms with Gasteiger partial charge in [0.1, 0.15) is 0 Å². The van der Waals surface area contributed by atoms with Gasteiger partial charge in [-0.25, -0.2) is 9.59 Å². The zero-order chi connectivity index (χ0) is 20.8. The van der Waals surface area contributed by atoms with Gasteiger partial charge in [0, 0.05) is 13.2 Å². The number of unbranched alkanes of at least 4 members (excludes halogenated alkanes) is 2. The number of aliphatic hydroxyl groups is 2. The second kappa shape index (κ2) is 14.1. The smallest absolute Gasteiger partial charge is 0.335 e. The van der Waals surface area contributed by atoms with Crippen molar-refractivity contribution in [1.29, 1.82) is 0 Å². The molecule has 0 saturated heterocycles. The number of benzene rings is 1. The average molecular weight is 398 g/mol. The first-order valence-corrected chi connectivity index (χ1v) is 9.50. The van der Waals surface area contributed by atoms with Gasteiger partial charge in [0.2, 0.25) is 0 Å². The van der Waals surface area contributed by atoms with Crippen LogP contribution in [0.15, 0.2) is 12.1 Å². The summed E-state index contributed by atoms with van der Waals surface area (Å²) in [7, 11) is 0. The normalized spacial score (nSPS) is 10.9. The highest BCUT2D eigenvalue weighted by Crippen LogP contribution is 2.22. The van der Waals surface area contributed by atoms with Gasteiger partial charge in [-0.05, 0) is 55.7 Å². The number of carbonyl (C=O) groups is 2. The highest BCUT2D eigenvalue weighted by atomic mass is 16.5. The van der Waals surface area contributed by atoms with E-state index in [2.05, 4.69) is 0 Å². The molecule has 8 nitrogen and oxygen atoms in total. The number of aliphatic hydroxyl groups excluding tert-OH is 2. The highest BCUT2D eigenvalue weighted by Gasteiger charge is 2.18. The van der Waals surface area contributed by atoms with Crippen molar-refractivity contribution in [2.24, 2.45) is 0 Å². The Hall–Kier alpha value is -2.00. The van der Waals surface area contributed by atoms with Crippen LogP contribution in [-0.4, -0.2) is 72.0 Å². The van der Waals surface area contributed by atoms with E-state index in [1.54, 1.807) is 6.07 Å². The monoisotopic (exact) mass is 398 g/mol. The molecule has 0 aliphatic carbocycles. The largest absolute Gasteiger partial charge is 0.478 e. The Morgan fingerprint density at radius 2 is 1.11 bits per heavy atom. The lowest BCUT2D eigenvalue weighted by Crippen LogP contribution is -2.11. The third-order valence-electron chi connectivity index (χ3n) is 4.23. The van der Waals surface area contributed by atoms with E-state index >= 15 is 0 Å². The number of aryl methyl sites for hydroxylation is 2. The van der Waals surface area contributed by atoms with E-state index in [-0.39, 0.29) is 37.6 Å². The van der Waals surface area contributed by atoms with Crippen LogP contribution < -0.4 is 0 Å². The van der Waals surface area contributed by atoms with Crippen LogP contribution in [0.4, 0.5) is 0 Å². The van der Waals surface area contributed by atoms with Gasteiger partial charge in [0.15, 0.2) is 0 Å². The summed E-state index contributed by atoms with van der Waals surface area (Å²) in [5.41, 5.74) is 1.27. The fourth-order valence-electron chi connectivity index (χ4n) is 2.88. The molecule has 0 amide bonds. The minimum Gasteiger partial charge on any atom is -0.478 e. The predicted octanol–water partition coefficient (Wildman–Crippen LogP) is 1.75. The van der Waals surface area contributed by atoms with Gasteiger partial charge >= 0.3 is 11.9 Å². The molecule has 1 aromatic rings. The molecular formula is C20H30O8. The Balaban J connectivity index is 2.79. The van der Waals surface area contributed by atoms with Gasteiger partial charge in [0.05, 0.1) is 37.6 Å². The molecule has 4 N–H and O–H groups in total. The van der Waals surface area contributed by atoms with Crippen LogP contribution >= 0.6 is 0 Å². The molecule has 0 spiro atoms. The maximum absolute atomic E-state index is 11.6. The first kappa shape index (κ1) is 24.0.